The van der Waals surface area contributed by atoms with E-state index < -0.39 is 11.0 Å². The smallest absolute Gasteiger partial charge is 0.0878 e. The number of hydrogen-bond acceptors (Lipinski definition) is 2. The van der Waals surface area contributed by atoms with E-state index in [0.29, 0.717) is 0 Å². The van der Waals surface area contributed by atoms with Crippen molar-refractivity contribution in [1.82, 2.24) is 0 Å². The second-order valence-corrected chi connectivity index (χ2v) is 5.18. The maximum absolute atomic E-state index is 10.7. The van der Waals surface area contributed by atoms with Gasteiger partial charge in [0.05, 0.1) is 17.1 Å². The molecule has 1 rings (SSSR count). The molecule has 80 valence electrons. The van der Waals surface area contributed by atoms with Crippen LogP contribution in [-0.4, -0.2) is 10.7 Å². The highest BCUT2D eigenvalue weighted by Crippen LogP contribution is 2.54. The molecule has 1 saturated carbocycles. The molecule has 0 unspecified atom stereocenters. The number of aliphatic hydroxyl groups is 1. The van der Waals surface area contributed by atoms with E-state index in [9.17, 15) is 10.4 Å². The largest absolute Gasteiger partial charge is 0.388 e. The average molecular weight is 195 g/mol. The van der Waals surface area contributed by atoms with Gasteiger partial charge in [0.2, 0.25) is 0 Å². The van der Waals surface area contributed by atoms with Crippen molar-refractivity contribution in [1.29, 1.82) is 5.26 Å². The monoisotopic (exact) mass is 195 g/mol. The lowest BCUT2D eigenvalue weighted by atomic mass is 9.53. The van der Waals surface area contributed by atoms with Crippen LogP contribution in [0, 0.1) is 28.6 Å². The SMILES string of the molecule is CC(C)C(O)(C(C)C)C1(C#N)CCC1. The Hall–Kier alpha value is -0.550. The van der Waals surface area contributed by atoms with Gasteiger partial charge in [-0.05, 0) is 24.7 Å². The first-order chi connectivity index (χ1) is 6.40. The third-order valence-electron chi connectivity index (χ3n) is 3.95. The highest BCUT2D eigenvalue weighted by Gasteiger charge is 2.57. The van der Waals surface area contributed by atoms with Crippen LogP contribution in [0.2, 0.25) is 0 Å². The van der Waals surface area contributed by atoms with E-state index in [2.05, 4.69) is 6.07 Å². The number of hydrogen-bond donors (Lipinski definition) is 1. The first kappa shape index (κ1) is 11.5. The molecule has 0 saturated heterocycles. The van der Waals surface area contributed by atoms with Crippen LogP contribution in [-0.2, 0) is 0 Å². The van der Waals surface area contributed by atoms with Crippen molar-refractivity contribution in [2.24, 2.45) is 17.3 Å². The summed E-state index contributed by atoms with van der Waals surface area (Å²) < 4.78 is 0. The van der Waals surface area contributed by atoms with Crippen LogP contribution >= 0.6 is 0 Å². The molecule has 0 aromatic carbocycles. The molecule has 0 amide bonds. The fourth-order valence-corrected chi connectivity index (χ4v) is 2.90. The highest BCUT2D eigenvalue weighted by molar-refractivity contribution is 5.17. The minimum atomic E-state index is -0.819. The van der Waals surface area contributed by atoms with Gasteiger partial charge in [-0.3, -0.25) is 0 Å². The van der Waals surface area contributed by atoms with E-state index in [4.69, 9.17) is 0 Å². The topological polar surface area (TPSA) is 44.0 Å². The van der Waals surface area contributed by atoms with Crippen LogP contribution in [0.15, 0.2) is 0 Å². The third kappa shape index (κ3) is 1.26. The number of nitriles is 1. The van der Waals surface area contributed by atoms with Gasteiger partial charge in [0, 0.05) is 0 Å². The lowest BCUT2D eigenvalue weighted by molar-refractivity contribution is -0.155. The third-order valence-corrected chi connectivity index (χ3v) is 3.95. The Labute approximate surface area is 86.9 Å². The molecule has 1 aliphatic carbocycles. The Morgan fingerprint density at radius 2 is 1.64 bits per heavy atom. The van der Waals surface area contributed by atoms with Gasteiger partial charge in [0.15, 0.2) is 0 Å². The van der Waals surface area contributed by atoms with E-state index in [1.807, 2.05) is 27.7 Å². The maximum atomic E-state index is 10.7. The Kier molecular flexibility index (Phi) is 2.92. The predicted molar refractivity (Wildman–Crippen MR) is 56.5 cm³/mol. The summed E-state index contributed by atoms with van der Waals surface area (Å²) in [6.45, 7) is 8.05. The van der Waals surface area contributed by atoms with E-state index in [1.54, 1.807) is 0 Å². The van der Waals surface area contributed by atoms with Crippen molar-refractivity contribution in [2.45, 2.75) is 52.6 Å². The van der Waals surface area contributed by atoms with Gasteiger partial charge in [-0.1, -0.05) is 34.1 Å². The molecule has 0 atom stereocenters. The molecule has 1 N–H and O–H groups in total. The van der Waals surface area contributed by atoms with E-state index in [0.717, 1.165) is 19.3 Å². The molecule has 0 bridgehead atoms. The minimum Gasteiger partial charge on any atom is -0.388 e. The van der Waals surface area contributed by atoms with Crippen molar-refractivity contribution in [3.63, 3.8) is 0 Å². The molecule has 1 fully saturated rings. The van der Waals surface area contributed by atoms with Gasteiger partial charge in [0.25, 0.3) is 0 Å². The lowest BCUT2D eigenvalue weighted by Crippen LogP contribution is -2.58. The summed E-state index contributed by atoms with van der Waals surface area (Å²) in [5.41, 5.74) is -1.30. The first-order valence-corrected chi connectivity index (χ1v) is 5.54. The van der Waals surface area contributed by atoms with Gasteiger partial charge in [-0.2, -0.15) is 5.26 Å². The number of nitrogens with zero attached hydrogens (tertiary/aromatic N) is 1. The van der Waals surface area contributed by atoms with E-state index >= 15 is 0 Å². The number of rotatable bonds is 3. The van der Waals surface area contributed by atoms with Crippen LogP contribution < -0.4 is 0 Å². The van der Waals surface area contributed by atoms with Gasteiger partial charge in [-0.25, -0.2) is 0 Å². The standard InChI is InChI=1S/C12H21NO/c1-9(2)12(14,10(3)4)11(8-13)6-5-7-11/h9-10,14H,5-7H2,1-4H3. The maximum Gasteiger partial charge on any atom is 0.0878 e. The second kappa shape index (κ2) is 3.55. The fourth-order valence-electron chi connectivity index (χ4n) is 2.90. The molecule has 2 heteroatoms. The van der Waals surface area contributed by atoms with Crippen LogP contribution in [0.1, 0.15) is 47.0 Å². The summed E-state index contributed by atoms with van der Waals surface area (Å²) in [6.07, 6.45) is 2.79. The summed E-state index contributed by atoms with van der Waals surface area (Å²) in [6, 6.07) is 2.37. The Balaban J connectivity index is 3.05. The molecular formula is C12H21NO. The first-order valence-electron chi connectivity index (χ1n) is 5.54. The van der Waals surface area contributed by atoms with Gasteiger partial charge < -0.3 is 5.11 Å². The molecule has 0 spiro atoms. The van der Waals surface area contributed by atoms with Crippen LogP contribution in [0.3, 0.4) is 0 Å². The Morgan fingerprint density at radius 1 is 1.21 bits per heavy atom. The summed E-state index contributed by atoms with van der Waals surface area (Å²) in [7, 11) is 0. The summed E-state index contributed by atoms with van der Waals surface area (Å²) in [4.78, 5) is 0. The zero-order valence-electron chi connectivity index (χ0n) is 9.67. The quantitative estimate of drug-likeness (QED) is 0.752. The molecule has 0 aliphatic heterocycles. The van der Waals surface area contributed by atoms with Crippen molar-refractivity contribution >= 4 is 0 Å². The van der Waals surface area contributed by atoms with Gasteiger partial charge >= 0.3 is 0 Å². The van der Waals surface area contributed by atoms with Crippen molar-refractivity contribution < 1.29 is 5.11 Å². The minimum absolute atomic E-state index is 0.141. The summed E-state index contributed by atoms with van der Waals surface area (Å²) >= 11 is 0. The lowest BCUT2D eigenvalue weighted by Gasteiger charge is -2.53. The van der Waals surface area contributed by atoms with Gasteiger partial charge in [-0.15, -0.1) is 0 Å². The molecule has 0 heterocycles. The van der Waals surface area contributed by atoms with Crippen LogP contribution in [0.25, 0.3) is 0 Å². The normalized spacial score (nSPS) is 20.7. The van der Waals surface area contributed by atoms with Crippen molar-refractivity contribution in [3.05, 3.63) is 0 Å². The van der Waals surface area contributed by atoms with Gasteiger partial charge in [0.1, 0.15) is 0 Å². The molecule has 14 heavy (non-hydrogen) atoms. The van der Waals surface area contributed by atoms with Crippen LogP contribution in [0.5, 0.6) is 0 Å². The molecule has 0 radical (unpaired) electrons. The highest BCUT2D eigenvalue weighted by atomic mass is 16.3. The molecule has 0 aromatic heterocycles. The molecule has 2 nitrogen and oxygen atoms in total. The summed E-state index contributed by atoms with van der Waals surface area (Å²) in [5.74, 6) is 0.282. The predicted octanol–water partition coefficient (Wildman–Crippen LogP) is 2.72. The molecule has 0 aromatic rings. The summed E-state index contributed by atoms with van der Waals surface area (Å²) in [5, 5.41) is 20.0. The average Bonchev–Trinajstić information content (AvgIpc) is 2.02. The zero-order valence-corrected chi connectivity index (χ0v) is 9.67. The zero-order chi connectivity index (χ0) is 11.0. The van der Waals surface area contributed by atoms with Crippen LogP contribution in [0.4, 0.5) is 0 Å². The van der Waals surface area contributed by atoms with E-state index in [1.165, 1.54) is 0 Å². The van der Waals surface area contributed by atoms with E-state index in [-0.39, 0.29) is 11.8 Å². The second-order valence-electron chi connectivity index (χ2n) is 5.18. The van der Waals surface area contributed by atoms with Crippen molar-refractivity contribution in [2.75, 3.05) is 0 Å². The molecular weight excluding hydrogens is 174 g/mol. The molecule has 1 aliphatic rings. The van der Waals surface area contributed by atoms with Crippen molar-refractivity contribution in [3.8, 4) is 6.07 Å². The Bertz CT molecular complexity index is 238. The fraction of sp³-hybridized carbons (Fsp3) is 0.917. The Morgan fingerprint density at radius 3 is 1.71 bits per heavy atom.